The van der Waals surface area contributed by atoms with Gasteiger partial charge in [-0.25, -0.2) is 0 Å². The van der Waals surface area contributed by atoms with Crippen LogP contribution in [0.25, 0.3) is 0 Å². The van der Waals surface area contributed by atoms with E-state index >= 15 is 0 Å². The second-order valence-electron chi connectivity index (χ2n) is 10.3. The van der Waals surface area contributed by atoms with E-state index in [-0.39, 0.29) is 49.8 Å². The Labute approximate surface area is 194 Å². The summed E-state index contributed by atoms with van der Waals surface area (Å²) in [5.41, 5.74) is 0. The van der Waals surface area contributed by atoms with Crippen molar-refractivity contribution in [1.82, 2.24) is 5.32 Å². The molecule has 0 radical (unpaired) electrons. The van der Waals surface area contributed by atoms with Crippen LogP contribution in [0.3, 0.4) is 0 Å². The van der Waals surface area contributed by atoms with E-state index in [0.717, 1.165) is 0 Å². The fraction of sp³-hybridized carbons (Fsp3) is 1.00. The highest BCUT2D eigenvalue weighted by atomic mass is 16.8. The zero-order chi connectivity index (χ0) is 23.9. The first-order chi connectivity index (χ1) is 16.1. The summed E-state index contributed by atoms with van der Waals surface area (Å²) in [6.45, 7) is 8.32. The van der Waals surface area contributed by atoms with Gasteiger partial charge < -0.3 is 52.7 Å². The van der Waals surface area contributed by atoms with E-state index in [4.69, 9.17) is 48.7 Å². The van der Waals surface area contributed by atoms with E-state index in [1.807, 2.05) is 27.7 Å². The molecule has 6 aliphatic heterocycles. The summed E-state index contributed by atoms with van der Waals surface area (Å²) in [6, 6.07) is -1.23. The highest BCUT2D eigenvalue weighted by molar-refractivity contribution is 5.01. The van der Waals surface area contributed by atoms with E-state index in [1.165, 1.54) is 0 Å². The number of rotatable bonds is 7. The van der Waals surface area contributed by atoms with Crippen molar-refractivity contribution >= 4 is 0 Å². The van der Waals surface area contributed by atoms with Crippen molar-refractivity contribution in [1.29, 1.82) is 0 Å². The SMILES string of the molecule is [3H]C(CO[C@H]1[C@@H]2OC(C)(C)O[C@@H]2[C@@H]2OC[C@H]1O2)(CO[C@H]1[C@@H]2OC(C)(C)O[C@@H]2[C@@H]2OC[C@H]1O2)NC. The molecule has 10 atom stereocenters. The van der Waals surface area contributed by atoms with Crippen molar-refractivity contribution in [2.24, 2.45) is 0 Å². The third-order valence-corrected chi connectivity index (χ3v) is 6.97. The van der Waals surface area contributed by atoms with E-state index < -0.39 is 42.4 Å². The van der Waals surface area contributed by atoms with E-state index in [2.05, 4.69) is 5.32 Å². The molecule has 4 bridgehead atoms. The summed E-state index contributed by atoms with van der Waals surface area (Å²) in [6.07, 6.45) is -3.76. The van der Waals surface area contributed by atoms with Gasteiger partial charge in [0.2, 0.25) is 0 Å². The molecule has 11 heteroatoms. The lowest BCUT2D eigenvalue weighted by molar-refractivity contribution is -0.213. The third kappa shape index (κ3) is 4.15. The Morgan fingerprint density at radius 2 is 1.21 bits per heavy atom. The van der Waals surface area contributed by atoms with Gasteiger partial charge in [0.25, 0.3) is 0 Å². The van der Waals surface area contributed by atoms with Crippen molar-refractivity contribution in [2.75, 3.05) is 33.5 Å². The summed E-state index contributed by atoms with van der Waals surface area (Å²) < 4.78 is 69.0. The van der Waals surface area contributed by atoms with Gasteiger partial charge in [-0.15, -0.1) is 0 Å². The van der Waals surface area contributed by atoms with Gasteiger partial charge in [0, 0.05) is 0 Å². The fourth-order valence-electron chi connectivity index (χ4n) is 5.54. The molecule has 0 unspecified atom stereocenters. The summed E-state index contributed by atoms with van der Waals surface area (Å²) in [5, 5.41) is 3.02. The molecule has 6 heterocycles. The van der Waals surface area contributed by atoms with Crippen molar-refractivity contribution < 1.29 is 48.7 Å². The normalized spacial score (nSPS) is 49.7. The van der Waals surface area contributed by atoms with Crippen LogP contribution in [-0.2, 0) is 47.4 Å². The molecule has 0 aliphatic carbocycles. The predicted octanol–water partition coefficient (Wildman–Crippen LogP) is -0.105. The fourth-order valence-corrected chi connectivity index (χ4v) is 5.54. The molecule has 6 saturated heterocycles. The van der Waals surface area contributed by atoms with E-state index in [9.17, 15) is 0 Å². The van der Waals surface area contributed by atoms with Crippen LogP contribution in [0.4, 0.5) is 0 Å². The first-order valence-corrected chi connectivity index (χ1v) is 11.7. The number of fused-ring (bicyclic) bond motifs is 8. The van der Waals surface area contributed by atoms with Crippen molar-refractivity contribution in [3.8, 4) is 0 Å². The molecular formula is C22H35NO10. The van der Waals surface area contributed by atoms with Crippen molar-refractivity contribution in [3.05, 3.63) is 0 Å². The quantitative estimate of drug-likeness (QED) is 0.534. The maximum absolute atomic E-state index is 8.96. The largest absolute Gasteiger partial charge is 0.371 e. The van der Waals surface area contributed by atoms with Crippen LogP contribution in [0.2, 0.25) is 0 Å². The van der Waals surface area contributed by atoms with Gasteiger partial charge in [0.05, 0.1) is 33.8 Å². The zero-order valence-corrected chi connectivity index (χ0v) is 19.7. The van der Waals surface area contributed by atoms with E-state index in [1.54, 1.807) is 7.05 Å². The van der Waals surface area contributed by atoms with Crippen LogP contribution >= 0.6 is 0 Å². The van der Waals surface area contributed by atoms with Gasteiger partial charge >= 0.3 is 0 Å². The lowest BCUT2D eigenvalue weighted by atomic mass is 10.0. The van der Waals surface area contributed by atoms with Gasteiger partial charge in [0.1, 0.15) is 48.8 Å². The minimum Gasteiger partial charge on any atom is -0.371 e. The first kappa shape index (κ1) is 21.8. The third-order valence-electron chi connectivity index (χ3n) is 6.97. The Morgan fingerprint density at radius 3 is 1.64 bits per heavy atom. The summed E-state index contributed by atoms with van der Waals surface area (Å²) in [7, 11) is 1.71. The highest BCUT2D eigenvalue weighted by Gasteiger charge is 2.60. The molecule has 6 fully saturated rings. The summed E-state index contributed by atoms with van der Waals surface area (Å²) >= 11 is 0. The van der Waals surface area contributed by atoms with Crippen LogP contribution in [-0.4, -0.2) is 112 Å². The van der Waals surface area contributed by atoms with Crippen LogP contribution in [0.5, 0.6) is 0 Å². The number of nitrogens with one attached hydrogen (secondary N) is 1. The average Bonchev–Trinajstić information content (AvgIpc) is 3.52. The van der Waals surface area contributed by atoms with Gasteiger partial charge in [-0.1, -0.05) is 0 Å². The number of likely N-dealkylation sites (N-methyl/N-ethyl adjacent to an activating group) is 1. The molecular weight excluding hydrogens is 438 g/mol. The maximum Gasteiger partial charge on any atom is 0.187 e. The summed E-state index contributed by atoms with van der Waals surface area (Å²) in [5.74, 6) is -1.51. The van der Waals surface area contributed by atoms with Crippen molar-refractivity contribution in [2.45, 2.75) is 107 Å². The monoisotopic (exact) mass is 475 g/mol. The Kier molecular flexibility index (Phi) is 5.49. The van der Waals surface area contributed by atoms with Gasteiger partial charge in [-0.3, -0.25) is 0 Å². The predicted molar refractivity (Wildman–Crippen MR) is 109 cm³/mol. The lowest BCUT2D eigenvalue weighted by Gasteiger charge is -2.37. The maximum atomic E-state index is 8.96. The molecule has 33 heavy (non-hydrogen) atoms. The first-order valence-electron chi connectivity index (χ1n) is 12.2. The number of hydrogen-bond acceptors (Lipinski definition) is 11. The molecule has 0 aromatic rings. The number of ether oxygens (including phenoxy) is 10. The van der Waals surface area contributed by atoms with Gasteiger partial charge in [-0.2, -0.15) is 0 Å². The van der Waals surface area contributed by atoms with Gasteiger partial charge in [0.15, 0.2) is 24.2 Å². The minimum absolute atomic E-state index is 0.0417. The topological polar surface area (TPSA) is 104 Å². The number of hydrogen-bond donors (Lipinski definition) is 1. The molecule has 6 aliphatic rings. The molecule has 0 aromatic heterocycles. The van der Waals surface area contributed by atoms with Gasteiger partial charge in [-0.05, 0) is 34.7 Å². The molecule has 0 amide bonds. The van der Waals surface area contributed by atoms with Crippen LogP contribution < -0.4 is 5.32 Å². The zero-order valence-electron chi connectivity index (χ0n) is 20.7. The highest BCUT2D eigenvalue weighted by Crippen LogP contribution is 2.43. The second kappa shape index (κ2) is 8.31. The molecule has 188 valence electrons. The summed E-state index contributed by atoms with van der Waals surface area (Å²) in [4.78, 5) is 0. The average molecular weight is 476 g/mol. The second-order valence-corrected chi connectivity index (χ2v) is 10.3. The van der Waals surface area contributed by atoms with Crippen LogP contribution in [0.1, 0.15) is 29.1 Å². The Hall–Kier alpha value is -0.440. The lowest BCUT2D eigenvalue weighted by Crippen LogP contribution is -2.55. The Balaban J connectivity index is 1.11. The molecule has 1 N–H and O–H groups in total. The minimum atomic E-state index is -1.23. The molecule has 6 rings (SSSR count). The standard InChI is InChI=1S/C22H35NO10/c1-21(2)30-15-13(11-8-26-19(28-11)17(15)32-21)24-6-10(23-5)7-25-14-12-9-27-20(29-12)18-16(14)31-22(3,4)33-18/h10-20,23H,6-9H2,1-5H3/t11-,12-,13-,14-,15+,16+,17+,18+,19-,20-/m1/s1/i10T. The van der Waals surface area contributed by atoms with E-state index in [0.29, 0.717) is 13.2 Å². The molecule has 11 nitrogen and oxygen atoms in total. The Bertz CT molecular complexity index is 727. The molecule has 0 saturated carbocycles. The molecule has 0 spiro atoms. The Morgan fingerprint density at radius 1 is 0.788 bits per heavy atom. The van der Waals surface area contributed by atoms with Crippen LogP contribution in [0.15, 0.2) is 0 Å². The molecule has 0 aromatic carbocycles. The smallest absolute Gasteiger partial charge is 0.187 e. The van der Waals surface area contributed by atoms with Crippen molar-refractivity contribution in [3.63, 3.8) is 0 Å². The van der Waals surface area contributed by atoms with Crippen LogP contribution in [0, 0.1) is 0 Å².